The maximum Gasteiger partial charge on any atom is 0.252 e. The molecule has 134 valence electrons. The van der Waals surface area contributed by atoms with Gasteiger partial charge in [0.2, 0.25) is 0 Å². The molecule has 2 N–H and O–H groups in total. The number of benzene rings is 2. The fourth-order valence-corrected chi connectivity index (χ4v) is 3.40. The first kappa shape index (κ1) is 17.7. The number of carbonyl (C=O) groups excluding carboxylic acids is 2. The fraction of sp³-hybridized carbons (Fsp3) is 0.238. The third-order valence-corrected chi connectivity index (χ3v) is 4.76. The Labute approximate surface area is 153 Å². The summed E-state index contributed by atoms with van der Waals surface area (Å²) in [7, 11) is 1.95. The Morgan fingerprint density at radius 2 is 1.77 bits per heavy atom. The van der Waals surface area contributed by atoms with Gasteiger partial charge in [-0.25, -0.2) is 0 Å². The number of para-hydroxylation sites is 2. The van der Waals surface area contributed by atoms with Crippen LogP contribution in [0.1, 0.15) is 29.8 Å². The molecule has 5 nitrogen and oxygen atoms in total. The highest BCUT2D eigenvalue weighted by molar-refractivity contribution is 5.96. The number of fused-ring (bicyclic) bond motifs is 1. The SMILES string of the molecule is CN1C(=CC(=O)COc2ccccc2C(N)=O)C(C)(C)c2ccccc21. The zero-order valence-corrected chi connectivity index (χ0v) is 15.2. The molecule has 0 saturated heterocycles. The van der Waals surface area contributed by atoms with Gasteiger partial charge < -0.3 is 15.4 Å². The number of primary amides is 1. The van der Waals surface area contributed by atoms with E-state index in [1.54, 1.807) is 30.3 Å². The van der Waals surface area contributed by atoms with Crippen molar-refractivity contribution >= 4 is 17.4 Å². The zero-order chi connectivity index (χ0) is 18.9. The lowest BCUT2D eigenvalue weighted by Gasteiger charge is -2.24. The van der Waals surface area contributed by atoms with Crippen LogP contribution in [0, 0.1) is 0 Å². The highest BCUT2D eigenvalue weighted by Gasteiger charge is 2.38. The van der Waals surface area contributed by atoms with E-state index in [0.29, 0.717) is 5.75 Å². The number of hydrogen-bond acceptors (Lipinski definition) is 4. The molecule has 0 fully saturated rings. The molecule has 0 atom stereocenters. The first-order valence-electron chi connectivity index (χ1n) is 8.42. The number of likely N-dealkylation sites (N-methyl/N-ethyl adjacent to an activating group) is 1. The van der Waals surface area contributed by atoms with E-state index in [-0.39, 0.29) is 23.4 Å². The Kier molecular flexibility index (Phi) is 4.55. The number of allylic oxidation sites excluding steroid dienone is 1. The van der Waals surface area contributed by atoms with Crippen LogP contribution >= 0.6 is 0 Å². The Balaban J connectivity index is 1.79. The summed E-state index contributed by atoms with van der Waals surface area (Å²) in [6.07, 6.45) is 1.62. The molecule has 1 aliphatic rings. The van der Waals surface area contributed by atoms with Gasteiger partial charge >= 0.3 is 0 Å². The van der Waals surface area contributed by atoms with Crippen LogP contribution in [0.25, 0.3) is 0 Å². The van der Waals surface area contributed by atoms with Crippen molar-refractivity contribution < 1.29 is 14.3 Å². The lowest BCUT2D eigenvalue weighted by atomic mass is 9.83. The number of nitrogens with two attached hydrogens (primary N) is 1. The van der Waals surface area contributed by atoms with E-state index in [1.807, 2.05) is 30.1 Å². The largest absolute Gasteiger partial charge is 0.485 e. The van der Waals surface area contributed by atoms with Crippen LogP contribution in [0.5, 0.6) is 5.75 Å². The van der Waals surface area contributed by atoms with Gasteiger partial charge in [-0.3, -0.25) is 9.59 Å². The molecule has 1 aliphatic heterocycles. The van der Waals surface area contributed by atoms with Crippen molar-refractivity contribution in [3.05, 3.63) is 71.4 Å². The number of anilines is 1. The average Bonchev–Trinajstić information content (AvgIpc) is 2.81. The predicted molar refractivity (Wildman–Crippen MR) is 101 cm³/mol. The molecule has 0 spiro atoms. The van der Waals surface area contributed by atoms with Gasteiger partial charge in [-0.15, -0.1) is 0 Å². The summed E-state index contributed by atoms with van der Waals surface area (Å²) in [5.41, 5.74) is 8.51. The molecular formula is C21H22N2O3. The highest BCUT2D eigenvalue weighted by Crippen LogP contribution is 2.46. The molecule has 2 aromatic rings. The molecule has 3 rings (SSSR count). The average molecular weight is 350 g/mol. The van der Waals surface area contributed by atoms with Crippen molar-refractivity contribution in [3.63, 3.8) is 0 Å². The fourth-order valence-electron chi connectivity index (χ4n) is 3.40. The minimum absolute atomic E-state index is 0.159. The van der Waals surface area contributed by atoms with Gasteiger partial charge in [0, 0.05) is 29.9 Å². The normalized spacial score (nSPS) is 16.4. The van der Waals surface area contributed by atoms with Gasteiger partial charge in [0.15, 0.2) is 12.4 Å². The molecule has 0 aromatic heterocycles. The zero-order valence-electron chi connectivity index (χ0n) is 15.2. The first-order chi connectivity index (χ1) is 12.3. The number of amides is 1. The molecule has 0 unspecified atom stereocenters. The molecular weight excluding hydrogens is 328 g/mol. The van der Waals surface area contributed by atoms with Crippen molar-refractivity contribution in [1.82, 2.24) is 0 Å². The van der Waals surface area contributed by atoms with Crippen molar-refractivity contribution in [3.8, 4) is 5.75 Å². The maximum absolute atomic E-state index is 12.5. The molecule has 0 saturated carbocycles. The van der Waals surface area contributed by atoms with E-state index >= 15 is 0 Å². The Hall–Kier alpha value is -3.08. The van der Waals surface area contributed by atoms with Gasteiger partial charge in [-0.05, 0) is 23.8 Å². The topological polar surface area (TPSA) is 72.6 Å². The summed E-state index contributed by atoms with van der Waals surface area (Å²) in [5, 5.41) is 0. The summed E-state index contributed by atoms with van der Waals surface area (Å²) >= 11 is 0. The Bertz CT molecular complexity index is 900. The second-order valence-corrected chi connectivity index (χ2v) is 6.85. The van der Waals surface area contributed by atoms with E-state index in [4.69, 9.17) is 10.5 Å². The number of carbonyl (C=O) groups is 2. The van der Waals surface area contributed by atoms with Crippen LogP contribution in [0.3, 0.4) is 0 Å². The summed E-state index contributed by atoms with van der Waals surface area (Å²) < 4.78 is 5.54. The third-order valence-electron chi connectivity index (χ3n) is 4.76. The molecule has 2 aromatic carbocycles. The lowest BCUT2D eigenvalue weighted by Crippen LogP contribution is -2.25. The molecule has 26 heavy (non-hydrogen) atoms. The number of nitrogens with zero attached hydrogens (tertiary/aromatic N) is 1. The van der Waals surface area contributed by atoms with Crippen molar-refractivity contribution in [2.75, 3.05) is 18.6 Å². The molecule has 1 heterocycles. The Morgan fingerprint density at radius 1 is 1.12 bits per heavy atom. The summed E-state index contributed by atoms with van der Waals surface area (Å²) in [6.45, 7) is 4.03. The smallest absolute Gasteiger partial charge is 0.252 e. The molecule has 5 heteroatoms. The highest BCUT2D eigenvalue weighted by atomic mass is 16.5. The van der Waals surface area contributed by atoms with E-state index in [9.17, 15) is 9.59 Å². The first-order valence-corrected chi connectivity index (χ1v) is 8.42. The van der Waals surface area contributed by atoms with Crippen LogP contribution in [-0.2, 0) is 10.2 Å². The van der Waals surface area contributed by atoms with Crippen molar-refractivity contribution in [2.45, 2.75) is 19.3 Å². The predicted octanol–water partition coefficient (Wildman–Crippen LogP) is 3.04. The minimum atomic E-state index is -0.585. The second kappa shape index (κ2) is 6.67. The molecule has 0 aliphatic carbocycles. The standard InChI is InChI=1S/C21H22N2O3/c1-21(2)16-9-5-6-10-17(16)23(3)19(21)12-14(24)13-26-18-11-7-4-8-15(18)20(22)25/h4-12H,13H2,1-3H3,(H2,22,25). The van der Waals surface area contributed by atoms with Gasteiger partial charge in [-0.2, -0.15) is 0 Å². The summed E-state index contributed by atoms with van der Waals surface area (Å²) in [6, 6.07) is 14.7. The molecule has 0 radical (unpaired) electrons. The second-order valence-electron chi connectivity index (χ2n) is 6.85. The number of ketones is 1. The van der Waals surface area contributed by atoms with E-state index in [2.05, 4.69) is 19.9 Å². The van der Waals surface area contributed by atoms with Crippen LogP contribution < -0.4 is 15.4 Å². The minimum Gasteiger partial charge on any atom is -0.485 e. The maximum atomic E-state index is 12.5. The van der Waals surface area contributed by atoms with E-state index < -0.39 is 5.91 Å². The van der Waals surface area contributed by atoms with Gasteiger partial charge in [0.1, 0.15) is 5.75 Å². The number of hydrogen-bond donors (Lipinski definition) is 1. The van der Waals surface area contributed by atoms with Gasteiger partial charge in [-0.1, -0.05) is 44.2 Å². The third kappa shape index (κ3) is 3.08. The summed E-state index contributed by atoms with van der Waals surface area (Å²) in [4.78, 5) is 26.0. The number of ether oxygens (including phenoxy) is 1. The summed E-state index contributed by atoms with van der Waals surface area (Å²) in [5.74, 6) is -0.445. The van der Waals surface area contributed by atoms with Crippen LogP contribution in [0.2, 0.25) is 0 Å². The van der Waals surface area contributed by atoms with Crippen LogP contribution in [-0.4, -0.2) is 25.3 Å². The van der Waals surface area contributed by atoms with Gasteiger partial charge in [0.25, 0.3) is 5.91 Å². The van der Waals surface area contributed by atoms with Crippen LogP contribution in [0.4, 0.5) is 5.69 Å². The van der Waals surface area contributed by atoms with Crippen molar-refractivity contribution in [1.29, 1.82) is 0 Å². The van der Waals surface area contributed by atoms with E-state index in [1.165, 1.54) is 5.56 Å². The Morgan fingerprint density at radius 3 is 2.46 bits per heavy atom. The number of rotatable bonds is 5. The van der Waals surface area contributed by atoms with E-state index in [0.717, 1.165) is 11.4 Å². The lowest BCUT2D eigenvalue weighted by molar-refractivity contribution is -0.116. The molecule has 1 amide bonds. The quantitative estimate of drug-likeness (QED) is 0.841. The van der Waals surface area contributed by atoms with Crippen LogP contribution in [0.15, 0.2) is 60.3 Å². The monoisotopic (exact) mass is 350 g/mol. The molecule has 0 bridgehead atoms. The van der Waals surface area contributed by atoms with Gasteiger partial charge in [0.05, 0.1) is 5.56 Å². The van der Waals surface area contributed by atoms with Crippen molar-refractivity contribution in [2.24, 2.45) is 5.73 Å².